The van der Waals surface area contributed by atoms with Crippen LogP contribution in [0, 0.1) is 0 Å². The standard InChI is InChI=1S/C15H21NO3/c1-3-4-5-15(18)16-9-8-14(17)12-10-11(19-2)6-7-13(12)16/h6-7,10,14,17H,3-5,8-9H2,1-2H3. The Morgan fingerprint density at radius 3 is 3.00 bits per heavy atom. The smallest absolute Gasteiger partial charge is 0.226 e. The Balaban J connectivity index is 2.27. The van der Waals surface area contributed by atoms with Crippen molar-refractivity contribution in [2.24, 2.45) is 0 Å². The Hall–Kier alpha value is -1.55. The predicted octanol–water partition coefficient (Wildman–Crippen LogP) is 2.66. The van der Waals surface area contributed by atoms with Crippen LogP contribution in [0.4, 0.5) is 5.69 Å². The number of hydrogen-bond acceptors (Lipinski definition) is 3. The lowest BCUT2D eigenvalue weighted by Crippen LogP contribution is -2.36. The summed E-state index contributed by atoms with van der Waals surface area (Å²) in [5, 5.41) is 10.1. The van der Waals surface area contributed by atoms with Crippen molar-refractivity contribution in [2.45, 2.75) is 38.7 Å². The first-order valence-electron chi connectivity index (χ1n) is 6.83. The van der Waals surface area contributed by atoms with E-state index in [9.17, 15) is 9.90 Å². The van der Waals surface area contributed by atoms with Gasteiger partial charge in [0.2, 0.25) is 5.91 Å². The summed E-state index contributed by atoms with van der Waals surface area (Å²) >= 11 is 0. The number of carbonyl (C=O) groups is 1. The molecule has 0 saturated carbocycles. The Morgan fingerprint density at radius 1 is 1.53 bits per heavy atom. The monoisotopic (exact) mass is 263 g/mol. The molecule has 4 nitrogen and oxygen atoms in total. The molecule has 1 unspecified atom stereocenters. The average Bonchev–Trinajstić information content (AvgIpc) is 2.45. The van der Waals surface area contributed by atoms with E-state index in [1.165, 1.54) is 0 Å². The minimum atomic E-state index is -0.514. The van der Waals surface area contributed by atoms with Crippen LogP contribution in [-0.2, 0) is 4.79 Å². The summed E-state index contributed by atoms with van der Waals surface area (Å²) in [6, 6.07) is 5.51. The van der Waals surface area contributed by atoms with Crippen LogP contribution in [0.3, 0.4) is 0 Å². The van der Waals surface area contributed by atoms with Crippen molar-refractivity contribution in [3.8, 4) is 5.75 Å². The summed E-state index contributed by atoms with van der Waals surface area (Å²) < 4.78 is 5.17. The number of ether oxygens (including phenoxy) is 1. The van der Waals surface area contributed by atoms with Crippen molar-refractivity contribution in [3.05, 3.63) is 23.8 Å². The van der Waals surface area contributed by atoms with E-state index in [1.54, 1.807) is 12.0 Å². The highest BCUT2D eigenvalue weighted by atomic mass is 16.5. The van der Waals surface area contributed by atoms with Crippen molar-refractivity contribution >= 4 is 11.6 Å². The zero-order chi connectivity index (χ0) is 13.8. The van der Waals surface area contributed by atoms with Crippen molar-refractivity contribution in [2.75, 3.05) is 18.6 Å². The first kappa shape index (κ1) is 13.9. The van der Waals surface area contributed by atoms with Crippen molar-refractivity contribution < 1.29 is 14.6 Å². The number of anilines is 1. The molecule has 0 saturated heterocycles. The first-order valence-corrected chi connectivity index (χ1v) is 6.83. The van der Waals surface area contributed by atoms with Crippen LogP contribution < -0.4 is 9.64 Å². The molecule has 19 heavy (non-hydrogen) atoms. The van der Waals surface area contributed by atoms with Gasteiger partial charge in [-0.05, 0) is 31.0 Å². The van der Waals surface area contributed by atoms with Gasteiger partial charge in [-0.15, -0.1) is 0 Å². The third kappa shape index (κ3) is 2.89. The second kappa shape index (κ2) is 6.06. The highest BCUT2D eigenvalue weighted by Crippen LogP contribution is 2.36. The average molecular weight is 263 g/mol. The molecule has 2 rings (SSSR count). The number of hydrogen-bond donors (Lipinski definition) is 1. The number of fused-ring (bicyclic) bond motifs is 1. The number of aliphatic hydroxyl groups excluding tert-OH is 1. The third-order valence-corrected chi connectivity index (χ3v) is 3.56. The molecular weight excluding hydrogens is 242 g/mol. The molecule has 0 bridgehead atoms. The zero-order valence-electron chi connectivity index (χ0n) is 11.6. The highest BCUT2D eigenvalue weighted by Gasteiger charge is 2.27. The summed E-state index contributed by atoms with van der Waals surface area (Å²) in [7, 11) is 1.60. The lowest BCUT2D eigenvalue weighted by molar-refractivity contribution is -0.118. The Labute approximate surface area is 114 Å². The second-order valence-electron chi connectivity index (χ2n) is 4.88. The van der Waals surface area contributed by atoms with E-state index in [4.69, 9.17) is 4.74 Å². The molecule has 0 aliphatic carbocycles. The van der Waals surface area contributed by atoms with Crippen molar-refractivity contribution in [1.82, 2.24) is 0 Å². The van der Waals surface area contributed by atoms with E-state index < -0.39 is 6.10 Å². The van der Waals surface area contributed by atoms with E-state index in [1.807, 2.05) is 18.2 Å². The maximum Gasteiger partial charge on any atom is 0.226 e. The van der Waals surface area contributed by atoms with Crippen LogP contribution in [0.25, 0.3) is 0 Å². The van der Waals surface area contributed by atoms with Gasteiger partial charge in [-0.1, -0.05) is 13.3 Å². The summed E-state index contributed by atoms with van der Waals surface area (Å²) in [5.74, 6) is 0.848. The molecule has 0 spiro atoms. The van der Waals surface area contributed by atoms with E-state index in [2.05, 4.69) is 6.92 Å². The summed E-state index contributed by atoms with van der Waals surface area (Å²) in [5.41, 5.74) is 1.61. The number of unbranched alkanes of at least 4 members (excludes halogenated alkanes) is 1. The fourth-order valence-corrected chi connectivity index (χ4v) is 2.42. The molecular formula is C15H21NO3. The van der Waals surface area contributed by atoms with Gasteiger partial charge in [0, 0.05) is 24.2 Å². The number of aliphatic hydroxyl groups is 1. The minimum absolute atomic E-state index is 0.139. The van der Waals surface area contributed by atoms with Crippen LogP contribution in [0.1, 0.15) is 44.3 Å². The maximum absolute atomic E-state index is 12.2. The van der Waals surface area contributed by atoms with Crippen LogP contribution >= 0.6 is 0 Å². The SMILES string of the molecule is CCCCC(=O)N1CCC(O)c2cc(OC)ccc21. The Kier molecular flexibility index (Phi) is 4.43. The fraction of sp³-hybridized carbons (Fsp3) is 0.533. The molecule has 1 amide bonds. The van der Waals surface area contributed by atoms with Gasteiger partial charge >= 0.3 is 0 Å². The molecule has 0 aromatic heterocycles. The zero-order valence-corrected chi connectivity index (χ0v) is 11.6. The van der Waals surface area contributed by atoms with Crippen molar-refractivity contribution in [1.29, 1.82) is 0 Å². The second-order valence-corrected chi connectivity index (χ2v) is 4.88. The largest absolute Gasteiger partial charge is 0.497 e. The lowest BCUT2D eigenvalue weighted by atomic mass is 9.98. The molecule has 1 aromatic rings. The maximum atomic E-state index is 12.2. The number of benzene rings is 1. The summed E-state index contributed by atoms with van der Waals surface area (Å²) in [6.45, 7) is 2.66. The van der Waals surface area contributed by atoms with E-state index in [0.717, 1.165) is 24.1 Å². The Morgan fingerprint density at radius 2 is 2.32 bits per heavy atom. The molecule has 1 N–H and O–H groups in total. The number of nitrogens with zero attached hydrogens (tertiary/aromatic N) is 1. The topological polar surface area (TPSA) is 49.8 Å². The van der Waals surface area contributed by atoms with Crippen molar-refractivity contribution in [3.63, 3.8) is 0 Å². The molecule has 4 heteroatoms. The molecule has 1 aromatic carbocycles. The highest BCUT2D eigenvalue weighted by molar-refractivity contribution is 5.94. The molecule has 1 aliphatic heterocycles. The third-order valence-electron chi connectivity index (χ3n) is 3.56. The van der Waals surface area contributed by atoms with Gasteiger partial charge in [0.05, 0.1) is 13.2 Å². The van der Waals surface area contributed by atoms with Crippen LogP contribution in [0.15, 0.2) is 18.2 Å². The molecule has 104 valence electrons. The summed E-state index contributed by atoms with van der Waals surface area (Å²) in [4.78, 5) is 14.0. The fourth-order valence-electron chi connectivity index (χ4n) is 2.42. The molecule has 0 fully saturated rings. The van der Waals surface area contributed by atoms with Gasteiger partial charge in [-0.25, -0.2) is 0 Å². The van der Waals surface area contributed by atoms with Gasteiger partial charge in [0.15, 0.2) is 0 Å². The van der Waals surface area contributed by atoms with E-state index in [0.29, 0.717) is 25.1 Å². The van der Waals surface area contributed by atoms with Gasteiger partial charge in [0.1, 0.15) is 5.75 Å². The summed E-state index contributed by atoms with van der Waals surface area (Å²) in [6.07, 6.45) is 2.55. The molecule has 0 radical (unpaired) electrons. The number of rotatable bonds is 4. The van der Waals surface area contributed by atoms with E-state index in [-0.39, 0.29) is 5.91 Å². The van der Waals surface area contributed by atoms with Crippen LogP contribution in [0.2, 0.25) is 0 Å². The number of methoxy groups -OCH3 is 1. The minimum Gasteiger partial charge on any atom is -0.497 e. The first-order chi connectivity index (χ1) is 9.17. The predicted molar refractivity (Wildman–Crippen MR) is 74.4 cm³/mol. The van der Waals surface area contributed by atoms with Gasteiger partial charge in [0.25, 0.3) is 0 Å². The van der Waals surface area contributed by atoms with Gasteiger partial charge < -0.3 is 14.7 Å². The van der Waals surface area contributed by atoms with Gasteiger partial charge in [-0.3, -0.25) is 4.79 Å². The number of amides is 1. The molecule has 1 aliphatic rings. The van der Waals surface area contributed by atoms with Crippen LogP contribution in [0.5, 0.6) is 5.75 Å². The lowest BCUT2D eigenvalue weighted by Gasteiger charge is -2.32. The van der Waals surface area contributed by atoms with Crippen LogP contribution in [-0.4, -0.2) is 24.7 Å². The van der Waals surface area contributed by atoms with E-state index >= 15 is 0 Å². The molecule has 1 heterocycles. The number of carbonyl (C=O) groups excluding carboxylic acids is 1. The molecule has 1 atom stereocenters. The Bertz CT molecular complexity index is 459. The quantitative estimate of drug-likeness (QED) is 0.908. The normalized spacial score (nSPS) is 18.1. The van der Waals surface area contributed by atoms with Gasteiger partial charge in [-0.2, -0.15) is 0 Å².